The molecule has 5 nitrogen and oxygen atoms in total. The standard InChI is InChI=1S/C11H15N3O2S/c1-10(8-12)9-14-17(15,16)7-5-11-4-2-3-6-13-11/h2-4,6,10,14H,5,7,9H2,1H3. The van der Waals surface area contributed by atoms with E-state index in [0.29, 0.717) is 6.42 Å². The smallest absolute Gasteiger partial charge is 0.212 e. The second-order valence-electron chi connectivity index (χ2n) is 3.77. The lowest BCUT2D eigenvalue weighted by atomic mass is 10.2. The van der Waals surface area contributed by atoms with E-state index in [4.69, 9.17) is 5.26 Å². The molecule has 0 amide bonds. The van der Waals surface area contributed by atoms with E-state index in [2.05, 4.69) is 9.71 Å². The highest BCUT2D eigenvalue weighted by Crippen LogP contribution is 1.98. The Balaban J connectivity index is 2.43. The molecule has 0 saturated carbocycles. The molecule has 0 saturated heterocycles. The van der Waals surface area contributed by atoms with Crippen molar-refractivity contribution in [1.82, 2.24) is 9.71 Å². The van der Waals surface area contributed by atoms with Gasteiger partial charge in [0.25, 0.3) is 0 Å². The third-order valence-corrected chi connectivity index (χ3v) is 3.53. The molecular weight excluding hydrogens is 238 g/mol. The van der Waals surface area contributed by atoms with Crippen LogP contribution in [0.15, 0.2) is 24.4 Å². The van der Waals surface area contributed by atoms with Gasteiger partial charge in [0.15, 0.2) is 0 Å². The number of nitrogens with one attached hydrogen (secondary N) is 1. The summed E-state index contributed by atoms with van der Waals surface area (Å²) in [4.78, 5) is 4.05. The molecule has 0 fully saturated rings. The van der Waals surface area contributed by atoms with Gasteiger partial charge in [-0.15, -0.1) is 0 Å². The van der Waals surface area contributed by atoms with Crippen LogP contribution in [0.1, 0.15) is 12.6 Å². The Morgan fingerprint density at radius 1 is 1.53 bits per heavy atom. The molecule has 1 atom stereocenters. The van der Waals surface area contributed by atoms with Crippen molar-refractivity contribution in [3.05, 3.63) is 30.1 Å². The Kier molecular flexibility index (Phi) is 5.07. The fraction of sp³-hybridized carbons (Fsp3) is 0.455. The first kappa shape index (κ1) is 13.6. The number of sulfonamides is 1. The summed E-state index contributed by atoms with van der Waals surface area (Å²) in [5, 5.41) is 8.54. The van der Waals surface area contributed by atoms with Gasteiger partial charge in [-0.25, -0.2) is 13.1 Å². The molecule has 0 radical (unpaired) electrons. The van der Waals surface area contributed by atoms with Crippen molar-refractivity contribution in [1.29, 1.82) is 5.26 Å². The third kappa shape index (κ3) is 5.43. The molecule has 1 N–H and O–H groups in total. The van der Waals surface area contributed by atoms with Crippen LogP contribution in [-0.4, -0.2) is 25.7 Å². The van der Waals surface area contributed by atoms with Gasteiger partial charge in [-0.1, -0.05) is 6.07 Å². The molecule has 0 aliphatic carbocycles. The van der Waals surface area contributed by atoms with E-state index in [9.17, 15) is 8.42 Å². The minimum Gasteiger partial charge on any atom is -0.261 e. The molecule has 1 aromatic heterocycles. The van der Waals surface area contributed by atoms with Crippen molar-refractivity contribution in [3.63, 3.8) is 0 Å². The molecule has 6 heteroatoms. The molecule has 0 aliphatic heterocycles. The van der Waals surface area contributed by atoms with E-state index in [1.165, 1.54) is 0 Å². The number of nitrogens with zero attached hydrogens (tertiary/aromatic N) is 2. The van der Waals surface area contributed by atoms with Crippen LogP contribution in [0, 0.1) is 17.2 Å². The molecule has 0 aliphatic rings. The predicted octanol–water partition coefficient (Wildman–Crippen LogP) is 0.703. The summed E-state index contributed by atoms with van der Waals surface area (Å²) >= 11 is 0. The molecule has 0 spiro atoms. The van der Waals surface area contributed by atoms with Gasteiger partial charge >= 0.3 is 0 Å². The van der Waals surface area contributed by atoms with E-state index in [1.807, 2.05) is 12.1 Å². The summed E-state index contributed by atoms with van der Waals surface area (Å²) < 4.78 is 25.6. The second kappa shape index (κ2) is 6.33. The molecule has 1 rings (SSSR count). The van der Waals surface area contributed by atoms with E-state index in [0.717, 1.165) is 5.69 Å². The van der Waals surface area contributed by atoms with Gasteiger partial charge in [-0.05, 0) is 19.1 Å². The summed E-state index contributed by atoms with van der Waals surface area (Å²) in [7, 11) is -3.33. The SMILES string of the molecule is CC(C#N)CNS(=O)(=O)CCc1ccccn1. The van der Waals surface area contributed by atoms with Gasteiger partial charge in [0.1, 0.15) is 0 Å². The molecular formula is C11H15N3O2S. The van der Waals surface area contributed by atoms with E-state index in [1.54, 1.807) is 25.3 Å². The maximum atomic E-state index is 11.6. The highest BCUT2D eigenvalue weighted by Gasteiger charge is 2.12. The van der Waals surface area contributed by atoms with Crippen LogP contribution in [0.2, 0.25) is 0 Å². The van der Waals surface area contributed by atoms with Gasteiger partial charge in [0, 0.05) is 24.9 Å². The van der Waals surface area contributed by atoms with Gasteiger partial charge in [-0.2, -0.15) is 5.26 Å². The zero-order valence-corrected chi connectivity index (χ0v) is 10.4. The van der Waals surface area contributed by atoms with Crippen LogP contribution in [0.25, 0.3) is 0 Å². The number of hydrogen-bond acceptors (Lipinski definition) is 4. The zero-order chi connectivity index (χ0) is 12.7. The topological polar surface area (TPSA) is 82.9 Å². The van der Waals surface area contributed by atoms with Gasteiger partial charge < -0.3 is 0 Å². The largest absolute Gasteiger partial charge is 0.261 e. The fourth-order valence-corrected chi connectivity index (χ4v) is 2.28. The Labute approximate surface area is 102 Å². The first-order valence-corrected chi connectivity index (χ1v) is 6.95. The minimum atomic E-state index is -3.33. The van der Waals surface area contributed by atoms with Crippen molar-refractivity contribution in [2.24, 2.45) is 5.92 Å². The van der Waals surface area contributed by atoms with Crippen molar-refractivity contribution in [3.8, 4) is 6.07 Å². The maximum Gasteiger partial charge on any atom is 0.212 e. The van der Waals surface area contributed by atoms with E-state index in [-0.39, 0.29) is 18.2 Å². The lowest BCUT2D eigenvalue weighted by Crippen LogP contribution is -2.30. The highest BCUT2D eigenvalue weighted by atomic mass is 32.2. The Hall–Kier alpha value is -1.45. The van der Waals surface area contributed by atoms with Gasteiger partial charge in [0.2, 0.25) is 10.0 Å². The van der Waals surface area contributed by atoms with Crippen LogP contribution in [0.4, 0.5) is 0 Å². The number of aryl methyl sites for hydroxylation is 1. The van der Waals surface area contributed by atoms with Crippen LogP contribution in [-0.2, 0) is 16.4 Å². The number of rotatable bonds is 6. The second-order valence-corrected chi connectivity index (χ2v) is 5.69. The Morgan fingerprint density at radius 3 is 2.88 bits per heavy atom. The Bertz CT molecular complexity index is 479. The molecule has 1 aromatic rings. The average molecular weight is 253 g/mol. The number of aromatic nitrogens is 1. The first-order chi connectivity index (χ1) is 8.03. The van der Waals surface area contributed by atoms with Crippen molar-refractivity contribution in [2.75, 3.05) is 12.3 Å². The molecule has 17 heavy (non-hydrogen) atoms. The Morgan fingerprint density at radius 2 is 2.29 bits per heavy atom. The van der Waals surface area contributed by atoms with Crippen LogP contribution >= 0.6 is 0 Å². The summed E-state index contributed by atoms with van der Waals surface area (Å²) in [6.07, 6.45) is 2.00. The van der Waals surface area contributed by atoms with Crippen molar-refractivity contribution < 1.29 is 8.42 Å². The van der Waals surface area contributed by atoms with E-state index < -0.39 is 10.0 Å². The summed E-state index contributed by atoms with van der Waals surface area (Å²) in [6, 6.07) is 7.36. The molecule has 0 bridgehead atoms. The summed E-state index contributed by atoms with van der Waals surface area (Å²) in [5.74, 6) is -0.332. The third-order valence-electron chi connectivity index (χ3n) is 2.18. The predicted molar refractivity (Wildman–Crippen MR) is 64.5 cm³/mol. The lowest BCUT2D eigenvalue weighted by molar-refractivity contribution is 0.572. The van der Waals surface area contributed by atoms with Gasteiger partial charge in [-0.3, -0.25) is 4.98 Å². The monoisotopic (exact) mass is 253 g/mol. The fourth-order valence-electron chi connectivity index (χ4n) is 1.15. The molecule has 1 unspecified atom stereocenters. The number of hydrogen-bond donors (Lipinski definition) is 1. The minimum absolute atomic E-state index is 0.0117. The van der Waals surface area contributed by atoms with E-state index >= 15 is 0 Å². The summed E-state index contributed by atoms with van der Waals surface area (Å²) in [5.41, 5.74) is 0.742. The van der Waals surface area contributed by atoms with Crippen molar-refractivity contribution in [2.45, 2.75) is 13.3 Å². The molecule has 92 valence electrons. The lowest BCUT2D eigenvalue weighted by Gasteiger charge is -2.07. The maximum absolute atomic E-state index is 11.6. The van der Waals surface area contributed by atoms with Crippen LogP contribution in [0.5, 0.6) is 0 Å². The first-order valence-electron chi connectivity index (χ1n) is 5.30. The van der Waals surface area contributed by atoms with Crippen LogP contribution in [0.3, 0.4) is 0 Å². The quantitative estimate of drug-likeness (QED) is 0.809. The molecule has 0 aromatic carbocycles. The van der Waals surface area contributed by atoms with Gasteiger partial charge in [0.05, 0.1) is 17.7 Å². The average Bonchev–Trinajstić information content (AvgIpc) is 2.35. The molecule has 1 heterocycles. The number of pyridine rings is 1. The van der Waals surface area contributed by atoms with Crippen LogP contribution < -0.4 is 4.72 Å². The highest BCUT2D eigenvalue weighted by molar-refractivity contribution is 7.89. The summed E-state index contributed by atoms with van der Waals surface area (Å²) in [6.45, 7) is 1.82. The van der Waals surface area contributed by atoms with Crippen molar-refractivity contribution >= 4 is 10.0 Å². The normalized spacial score (nSPS) is 12.9. The zero-order valence-electron chi connectivity index (χ0n) is 9.63. The number of nitriles is 1.